The van der Waals surface area contributed by atoms with Gasteiger partial charge in [0.05, 0.1) is 10.7 Å². The Hall–Kier alpha value is -2.80. The van der Waals surface area contributed by atoms with E-state index in [1.807, 2.05) is 24.3 Å². The van der Waals surface area contributed by atoms with Crippen LogP contribution in [0.25, 0.3) is 11.3 Å². The summed E-state index contributed by atoms with van der Waals surface area (Å²) in [5.74, 6) is -1.65. The van der Waals surface area contributed by atoms with Crippen LogP contribution in [0.4, 0.5) is 24.8 Å². The average Bonchev–Trinajstić information content (AvgIpc) is 2.75. The summed E-state index contributed by atoms with van der Waals surface area (Å²) < 4.78 is 40.1. The van der Waals surface area contributed by atoms with E-state index in [2.05, 4.69) is 20.6 Å². The van der Waals surface area contributed by atoms with Crippen LogP contribution in [-0.2, 0) is 6.54 Å². The zero-order chi connectivity index (χ0) is 21.8. The van der Waals surface area contributed by atoms with Crippen molar-refractivity contribution in [1.29, 1.82) is 0 Å². The van der Waals surface area contributed by atoms with Crippen molar-refractivity contribution in [2.45, 2.75) is 44.2 Å². The van der Waals surface area contributed by atoms with Crippen LogP contribution in [0.5, 0.6) is 0 Å². The van der Waals surface area contributed by atoms with Crippen molar-refractivity contribution >= 4 is 23.2 Å². The maximum absolute atomic E-state index is 13.4. The molecule has 2 heterocycles. The van der Waals surface area contributed by atoms with Crippen LogP contribution < -0.4 is 10.6 Å². The number of aromatic nitrogens is 2. The number of nitrogens with zero attached hydrogens (tertiary/aromatic N) is 2. The Bertz CT molecular complexity index is 1050. The van der Waals surface area contributed by atoms with Crippen LogP contribution in [0.3, 0.4) is 0 Å². The lowest BCUT2D eigenvalue weighted by Crippen LogP contribution is -2.32. The van der Waals surface area contributed by atoms with E-state index in [4.69, 9.17) is 11.6 Å². The summed E-state index contributed by atoms with van der Waals surface area (Å²) in [4.78, 5) is 8.90. The van der Waals surface area contributed by atoms with Gasteiger partial charge in [0.25, 0.3) is 0 Å². The van der Waals surface area contributed by atoms with Gasteiger partial charge in [-0.05, 0) is 48.7 Å². The van der Waals surface area contributed by atoms with Gasteiger partial charge < -0.3 is 10.6 Å². The van der Waals surface area contributed by atoms with Gasteiger partial charge >= 0.3 is 0 Å². The molecule has 4 rings (SSSR count). The molecule has 0 atom stereocenters. The average molecular weight is 447 g/mol. The molecule has 8 heteroatoms. The Morgan fingerprint density at radius 2 is 1.81 bits per heavy atom. The predicted molar refractivity (Wildman–Crippen MR) is 117 cm³/mol. The normalized spacial score (nSPS) is 16.1. The Balaban J connectivity index is 1.47. The molecule has 0 aliphatic heterocycles. The summed E-state index contributed by atoms with van der Waals surface area (Å²) in [6.07, 6.45) is 2.08. The largest absolute Gasteiger partial charge is 0.367 e. The van der Waals surface area contributed by atoms with Crippen molar-refractivity contribution in [1.82, 2.24) is 9.97 Å². The van der Waals surface area contributed by atoms with Crippen molar-refractivity contribution in [2.24, 2.45) is 0 Å². The van der Waals surface area contributed by atoms with Gasteiger partial charge in [-0.3, -0.25) is 0 Å². The number of halogens is 4. The highest BCUT2D eigenvalue weighted by atomic mass is 35.5. The molecule has 1 fully saturated rings. The minimum atomic E-state index is -2.57. The lowest BCUT2D eigenvalue weighted by Gasteiger charge is -2.29. The van der Waals surface area contributed by atoms with Gasteiger partial charge in [-0.2, -0.15) is 0 Å². The molecule has 31 heavy (non-hydrogen) atoms. The number of hydrogen-bond acceptors (Lipinski definition) is 4. The van der Waals surface area contributed by atoms with Gasteiger partial charge in [-0.15, -0.1) is 0 Å². The first-order chi connectivity index (χ1) is 14.9. The summed E-state index contributed by atoms with van der Waals surface area (Å²) in [6, 6.07) is 13.6. The van der Waals surface area contributed by atoms with Crippen molar-refractivity contribution in [3.8, 4) is 11.3 Å². The van der Waals surface area contributed by atoms with Crippen LogP contribution in [0.15, 0.2) is 54.7 Å². The second-order valence-electron chi connectivity index (χ2n) is 7.72. The molecule has 2 aromatic heterocycles. The zero-order valence-electron chi connectivity index (χ0n) is 16.7. The fraction of sp³-hybridized carbons (Fsp3) is 0.304. The molecule has 4 nitrogen and oxygen atoms in total. The monoisotopic (exact) mass is 446 g/mol. The molecule has 0 saturated heterocycles. The second-order valence-corrected chi connectivity index (χ2v) is 8.12. The number of nitrogens with one attached hydrogen (secondary N) is 2. The Morgan fingerprint density at radius 1 is 1.03 bits per heavy atom. The molecule has 1 aromatic carbocycles. The highest BCUT2D eigenvalue weighted by Gasteiger charge is 2.34. The highest BCUT2D eigenvalue weighted by molar-refractivity contribution is 6.33. The van der Waals surface area contributed by atoms with Gasteiger partial charge in [0, 0.05) is 37.2 Å². The topological polar surface area (TPSA) is 49.8 Å². The molecule has 0 radical (unpaired) electrons. The third-order valence-corrected chi connectivity index (χ3v) is 5.61. The second kappa shape index (κ2) is 9.14. The first-order valence-electron chi connectivity index (χ1n) is 10.1. The van der Waals surface area contributed by atoms with Crippen molar-refractivity contribution in [3.05, 3.63) is 71.1 Å². The van der Waals surface area contributed by atoms with Gasteiger partial charge in [0.1, 0.15) is 17.5 Å². The van der Waals surface area contributed by atoms with E-state index in [0.717, 1.165) is 5.56 Å². The van der Waals surface area contributed by atoms with Crippen LogP contribution in [0.2, 0.25) is 5.02 Å². The summed E-state index contributed by atoms with van der Waals surface area (Å²) >= 11 is 6.36. The number of anilines is 2. The van der Waals surface area contributed by atoms with Crippen molar-refractivity contribution in [3.63, 3.8) is 0 Å². The Kier molecular flexibility index (Phi) is 6.32. The molecule has 0 amide bonds. The number of hydrogen-bond donors (Lipinski definition) is 2. The molecular weight excluding hydrogens is 425 g/mol. The molecule has 162 valence electrons. The number of pyridine rings is 2. The smallest absolute Gasteiger partial charge is 0.248 e. The Morgan fingerprint density at radius 3 is 2.58 bits per heavy atom. The van der Waals surface area contributed by atoms with Gasteiger partial charge in [-0.1, -0.05) is 29.8 Å². The van der Waals surface area contributed by atoms with Crippen molar-refractivity contribution < 1.29 is 13.2 Å². The minimum absolute atomic E-state index is 0.0478. The van der Waals surface area contributed by atoms with Crippen LogP contribution >= 0.6 is 11.6 Å². The fourth-order valence-electron chi connectivity index (χ4n) is 3.63. The molecule has 1 aliphatic carbocycles. The van der Waals surface area contributed by atoms with Gasteiger partial charge in [0.15, 0.2) is 0 Å². The van der Waals surface area contributed by atoms with Gasteiger partial charge in [0.2, 0.25) is 5.92 Å². The third-order valence-electron chi connectivity index (χ3n) is 5.31. The maximum atomic E-state index is 13.4. The first-order valence-corrected chi connectivity index (χ1v) is 10.5. The number of alkyl halides is 2. The molecular formula is C23H22ClF3N4. The summed E-state index contributed by atoms with van der Waals surface area (Å²) in [6.45, 7) is 0.428. The van der Waals surface area contributed by atoms with E-state index >= 15 is 0 Å². The van der Waals surface area contributed by atoms with E-state index in [-0.39, 0.29) is 24.7 Å². The van der Waals surface area contributed by atoms with Crippen molar-refractivity contribution in [2.75, 3.05) is 10.6 Å². The van der Waals surface area contributed by atoms with Gasteiger partial charge in [-0.25, -0.2) is 23.1 Å². The van der Waals surface area contributed by atoms with E-state index in [0.29, 0.717) is 47.3 Å². The van der Waals surface area contributed by atoms with E-state index in [1.54, 1.807) is 12.1 Å². The first kappa shape index (κ1) is 21.4. The van der Waals surface area contributed by atoms with E-state index < -0.39 is 5.92 Å². The summed E-state index contributed by atoms with van der Waals surface area (Å²) in [5, 5.41) is 6.86. The summed E-state index contributed by atoms with van der Waals surface area (Å²) in [5.41, 5.74) is 2.14. The van der Waals surface area contributed by atoms with Crippen LogP contribution in [-0.4, -0.2) is 21.9 Å². The maximum Gasteiger partial charge on any atom is 0.248 e. The zero-order valence-corrected chi connectivity index (χ0v) is 17.5. The lowest BCUT2D eigenvalue weighted by molar-refractivity contribution is -0.0361. The van der Waals surface area contributed by atoms with Crippen LogP contribution in [0, 0.1) is 5.82 Å². The van der Waals surface area contributed by atoms with E-state index in [9.17, 15) is 13.2 Å². The molecule has 1 saturated carbocycles. The molecule has 3 aromatic rings. The predicted octanol–water partition coefficient (Wildman–Crippen LogP) is 6.54. The third kappa shape index (κ3) is 5.67. The molecule has 0 spiro atoms. The number of rotatable bonds is 6. The molecule has 2 N–H and O–H groups in total. The summed E-state index contributed by atoms with van der Waals surface area (Å²) in [7, 11) is 0. The highest BCUT2D eigenvalue weighted by Crippen LogP contribution is 2.35. The van der Waals surface area contributed by atoms with E-state index in [1.165, 1.54) is 18.3 Å². The molecule has 0 unspecified atom stereocenters. The SMILES string of the molecule is Fc1cccc(CNc2cccc(-c3cc(NC4CCC(F)(F)CC4)ncc3Cl)n2)c1. The minimum Gasteiger partial charge on any atom is -0.367 e. The van der Waals surface area contributed by atoms with Crippen LogP contribution in [0.1, 0.15) is 31.2 Å². The number of benzene rings is 1. The molecule has 0 bridgehead atoms. The lowest BCUT2D eigenvalue weighted by atomic mass is 9.92. The molecule has 1 aliphatic rings. The fourth-order valence-corrected chi connectivity index (χ4v) is 3.83. The Labute approximate surface area is 183 Å². The quantitative estimate of drug-likeness (QED) is 0.451. The standard InChI is InChI=1S/C23H22ClF3N4/c24-19-14-29-22(30-17-7-9-23(26,27)10-8-17)12-18(19)20-5-2-6-21(31-20)28-13-15-3-1-4-16(25)11-15/h1-6,11-12,14,17H,7-10,13H2,(H,28,31)(H,29,30).